The van der Waals surface area contributed by atoms with Gasteiger partial charge in [0.15, 0.2) is 12.0 Å². The van der Waals surface area contributed by atoms with Crippen molar-refractivity contribution in [3.8, 4) is 0 Å². The van der Waals surface area contributed by atoms with Gasteiger partial charge in [0.25, 0.3) is 5.91 Å². The van der Waals surface area contributed by atoms with E-state index in [1.54, 1.807) is 0 Å². The molecule has 1 unspecified atom stereocenters. The van der Waals surface area contributed by atoms with Gasteiger partial charge in [0.2, 0.25) is 6.41 Å². The molecule has 1 aromatic heterocycles. The molecule has 7 N–H and O–H groups in total. The van der Waals surface area contributed by atoms with Crippen molar-refractivity contribution in [3.63, 3.8) is 0 Å². The van der Waals surface area contributed by atoms with Gasteiger partial charge < -0.3 is 40.4 Å². The molecule has 134 valence electrons. The molecule has 2 rings (SSSR count). The summed E-state index contributed by atoms with van der Waals surface area (Å²) in [6.07, 6.45) is -4.49. The lowest BCUT2D eigenvalue weighted by atomic mass is 10.1. The number of rotatable bonds is 7. The Kier molecular flexibility index (Phi) is 5.66. The number of ether oxygens (including phenoxy) is 1. The van der Waals surface area contributed by atoms with E-state index in [2.05, 4.69) is 25.1 Å². The average Bonchev–Trinajstić information content (AvgIpc) is 3.06. The number of aliphatic hydroxyl groups is 2. The zero-order valence-electron chi connectivity index (χ0n) is 11.9. The van der Waals surface area contributed by atoms with Crippen LogP contribution in [0.25, 0.3) is 0 Å². The second-order valence-corrected chi connectivity index (χ2v) is 5.88. The van der Waals surface area contributed by atoms with Crippen LogP contribution in [-0.2, 0) is 18.6 Å². The van der Waals surface area contributed by atoms with E-state index in [0.29, 0.717) is 6.41 Å². The molecule has 1 aliphatic heterocycles. The fraction of sp³-hybridized carbons (Fsp3) is 0.500. The van der Waals surface area contributed by atoms with Gasteiger partial charge in [-0.15, -0.1) is 0 Å². The Hall–Kier alpha value is -1.86. The number of aliphatic hydroxyl groups excluding tert-OH is 2. The SMILES string of the molecule is O=CNc1nc[nH]c1C(=O)NC1O[C@H](CO)[C@@H](O)[C@H]1OP(=O)(O)O. The van der Waals surface area contributed by atoms with Crippen LogP contribution in [0.4, 0.5) is 5.82 Å². The summed E-state index contributed by atoms with van der Waals surface area (Å²) in [5, 5.41) is 23.4. The molecule has 0 spiro atoms. The molecular weight excluding hydrogens is 351 g/mol. The Morgan fingerprint density at radius 3 is 2.83 bits per heavy atom. The molecule has 0 radical (unpaired) electrons. The zero-order chi connectivity index (χ0) is 17.9. The van der Waals surface area contributed by atoms with Crippen molar-refractivity contribution < 1.29 is 43.4 Å². The van der Waals surface area contributed by atoms with Gasteiger partial charge in [-0.2, -0.15) is 0 Å². The molecule has 4 atom stereocenters. The molecule has 2 amide bonds. The monoisotopic (exact) mass is 366 g/mol. The van der Waals surface area contributed by atoms with Crippen molar-refractivity contribution in [2.24, 2.45) is 0 Å². The highest BCUT2D eigenvalue weighted by Gasteiger charge is 2.48. The number of amides is 2. The Balaban J connectivity index is 2.15. The number of phosphoric acid groups is 1. The minimum atomic E-state index is -5.00. The van der Waals surface area contributed by atoms with Crippen molar-refractivity contribution in [1.29, 1.82) is 0 Å². The summed E-state index contributed by atoms with van der Waals surface area (Å²) in [5.41, 5.74) is -0.164. The molecule has 0 aliphatic carbocycles. The largest absolute Gasteiger partial charge is 0.470 e. The second kappa shape index (κ2) is 7.36. The summed E-state index contributed by atoms with van der Waals surface area (Å²) < 4.78 is 20.5. The first-order valence-electron chi connectivity index (χ1n) is 6.49. The summed E-state index contributed by atoms with van der Waals surface area (Å²) in [6.45, 7) is -0.670. The van der Waals surface area contributed by atoms with Gasteiger partial charge in [-0.25, -0.2) is 9.55 Å². The van der Waals surface area contributed by atoms with Crippen molar-refractivity contribution in [3.05, 3.63) is 12.0 Å². The van der Waals surface area contributed by atoms with Crippen LogP contribution >= 0.6 is 7.82 Å². The van der Waals surface area contributed by atoms with Crippen LogP contribution in [0.2, 0.25) is 0 Å². The first kappa shape index (κ1) is 18.5. The first-order chi connectivity index (χ1) is 11.3. The maximum absolute atomic E-state index is 12.2. The average molecular weight is 366 g/mol. The van der Waals surface area contributed by atoms with Gasteiger partial charge in [0.05, 0.1) is 12.9 Å². The highest BCUT2D eigenvalue weighted by atomic mass is 31.2. The molecular formula is C10H15N4O9P. The fourth-order valence-electron chi connectivity index (χ4n) is 2.11. The third kappa shape index (κ3) is 4.15. The minimum Gasteiger partial charge on any atom is -0.394 e. The third-order valence-corrected chi connectivity index (χ3v) is 3.63. The van der Waals surface area contributed by atoms with Crippen molar-refractivity contribution in [2.75, 3.05) is 11.9 Å². The second-order valence-electron chi connectivity index (χ2n) is 4.69. The molecule has 1 aromatic rings. The van der Waals surface area contributed by atoms with E-state index in [0.717, 1.165) is 6.33 Å². The lowest BCUT2D eigenvalue weighted by Crippen LogP contribution is -2.45. The standard InChI is InChI=1S/C10H15N4O9P/c15-1-4-6(17)7(23-24(19,20)21)10(22-4)14-9(18)5-8(13-3-16)12-2-11-5/h2-4,6-7,10,15,17H,1H2,(H,11,12)(H,13,16)(H,14,18)(H2,19,20,21)/t4-,6-,7-,10?/m1/s1. The van der Waals surface area contributed by atoms with E-state index in [9.17, 15) is 19.3 Å². The van der Waals surface area contributed by atoms with E-state index in [1.807, 2.05) is 0 Å². The topological polar surface area (TPSA) is 203 Å². The van der Waals surface area contributed by atoms with Gasteiger partial charge in [-0.3, -0.25) is 14.1 Å². The van der Waals surface area contributed by atoms with Crippen molar-refractivity contribution >= 4 is 26.0 Å². The van der Waals surface area contributed by atoms with Crippen LogP contribution in [0.5, 0.6) is 0 Å². The number of aromatic amines is 1. The number of hydrogen-bond acceptors (Lipinski definition) is 8. The molecule has 2 heterocycles. The fourth-order valence-corrected chi connectivity index (χ4v) is 2.67. The summed E-state index contributed by atoms with van der Waals surface area (Å²) in [7, 11) is -5.00. The summed E-state index contributed by atoms with van der Waals surface area (Å²) >= 11 is 0. The van der Waals surface area contributed by atoms with E-state index >= 15 is 0 Å². The predicted octanol–water partition coefficient (Wildman–Crippen LogP) is -2.74. The van der Waals surface area contributed by atoms with Crippen LogP contribution in [0.1, 0.15) is 10.5 Å². The van der Waals surface area contributed by atoms with Crippen molar-refractivity contribution in [2.45, 2.75) is 24.5 Å². The Morgan fingerprint density at radius 1 is 1.54 bits per heavy atom. The molecule has 0 saturated carbocycles. The summed E-state index contributed by atoms with van der Waals surface area (Å²) in [6, 6.07) is 0. The van der Waals surface area contributed by atoms with Crippen LogP contribution in [-0.4, -0.2) is 73.4 Å². The molecule has 0 aromatic carbocycles. The van der Waals surface area contributed by atoms with Crippen LogP contribution in [0, 0.1) is 0 Å². The van der Waals surface area contributed by atoms with Gasteiger partial charge in [0.1, 0.15) is 24.0 Å². The number of aromatic nitrogens is 2. The Morgan fingerprint density at radius 2 is 2.25 bits per heavy atom. The Bertz CT molecular complexity index is 646. The number of nitrogens with zero attached hydrogens (tertiary/aromatic N) is 1. The van der Waals surface area contributed by atoms with Crippen LogP contribution in [0.3, 0.4) is 0 Å². The van der Waals surface area contributed by atoms with Gasteiger partial charge in [-0.1, -0.05) is 0 Å². The highest BCUT2D eigenvalue weighted by Crippen LogP contribution is 2.41. The predicted molar refractivity (Wildman–Crippen MR) is 74.4 cm³/mol. The maximum Gasteiger partial charge on any atom is 0.470 e. The van der Waals surface area contributed by atoms with Gasteiger partial charge >= 0.3 is 7.82 Å². The zero-order valence-corrected chi connectivity index (χ0v) is 12.8. The number of hydrogen-bond donors (Lipinski definition) is 7. The molecule has 1 saturated heterocycles. The molecule has 24 heavy (non-hydrogen) atoms. The lowest BCUT2D eigenvalue weighted by molar-refractivity contribution is -0.105. The number of nitrogens with one attached hydrogen (secondary N) is 3. The third-order valence-electron chi connectivity index (χ3n) is 3.11. The van der Waals surface area contributed by atoms with E-state index in [4.69, 9.17) is 19.6 Å². The molecule has 0 bridgehead atoms. The van der Waals surface area contributed by atoms with E-state index in [-0.39, 0.29) is 11.5 Å². The van der Waals surface area contributed by atoms with E-state index < -0.39 is 44.9 Å². The number of carbonyl (C=O) groups excluding carboxylic acids is 2. The number of imidazole rings is 1. The maximum atomic E-state index is 12.2. The Labute approximate surface area is 134 Å². The van der Waals surface area contributed by atoms with E-state index in [1.165, 1.54) is 0 Å². The normalized spacial score (nSPS) is 27.0. The summed E-state index contributed by atoms with van der Waals surface area (Å²) in [4.78, 5) is 46.5. The molecule has 1 aliphatic rings. The first-order valence-corrected chi connectivity index (χ1v) is 8.02. The number of phosphoric ester groups is 1. The van der Waals surface area contributed by atoms with Crippen molar-refractivity contribution in [1.82, 2.24) is 15.3 Å². The quantitative estimate of drug-likeness (QED) is 0.196. The molecule has 14 heteroatoms. The number of anilines is 1. The smallest absolute Gasteiger partial charge is 0.394 e. The minimum absolute atomic E-state index is 0.0905. The molecule has 13 nitrogen and oxygen atoms in total. The number of H-pyrrole nitrogens is 1. The highest BCUT2D eigenvalue weighted by molar-refractivity contribution is 7.46. The van der Waals surface area contributed by atoms with Crippen LogP contribution in [0.15, 0.2) is 6.33 Å². The lowest BCUT2D eigenvalue weighted by Gasteiger charge is -2.21. The van der Waals surface area contributed by atoms with Crippen LogP contribution < -0.4 is 10.6 Å². The van der Waals surface area contributed by atoms with Gasteiger partial charge in [-0.05, 0) is 0 Å². The molecule has 1 fully saturated rings. The summed E-state index contributed by atoms with van der Waals surface area (Å²) in [5.74, 6) is -0.945. The van der Waals surface area contributed by atoms with Gasteiger partial charge in [0, 0.05) is 0 Å². The number of carbonyl (C=O) groups is 2.